The van der Waals surface area contributed by atoms with E-state index in [1.807, 2.05) is 24.3 Å². The highest BCUT2D eigenvalue weighted by Gasteiger charge is 2.01. The van der Waals surface area contributed by atoms with E-state index in [9.17, 15) is 0 Å². The van der Waals surface area contributed by atoms with E-state index in [-0.39, 0.29) is 5.71 Å². The molecule has 68 valence electrons. The molecule has 14 heavy (non-hydrogen) atoms. The first-order valence-electron chi connectivity index (χ1n) is 4.12. The van der Waals surface area contributed by atoms with Crippen LogP contribution in [0.5, 0.6) is 0 Å². The van der Waals surface area contributed by atoms with Gasteiger partial charge in [0.15, 0.2) is 0 Å². The quantitative estimate of drug-likeness (QED) is 0.696. The van der Waals surface area contributed by atoms with Gasteiger partial charge in [0.1, 0.15) is 5.69 Å². The molecule has 0 aliphatic heterocycles. The zero-order valence-electron chi connectivity index (χ0n) is 7.36. The van der Waals surface area contributed by atoms with Crippen molar-refractivity contribution in [3.8, 4) is 0 Å². The van der Waals surface area contributed by atoms with E-state index in [1.165, 1.54) is 6.20 Å². The van der Waals surface area contributed by atoms with Gasteiger partial charge in [-0.25, -0.2) is 4.98 Å². The van der Waals surface area contributed by atoms with Crippen molar-refractivity contribution in [1.29, 1.82) is 10.8 Å². The molecule has 4 heteroatoms. The van der Waals surface area contributed by atoms with Crippen LogP contribution in [0.2, 0.25) is 0 Å². The van der Waals surface area contributed by atoms with Crippen molar-refractivity contribution in [2.75, 3.05) is 0 Å². The zero-order chi connectivity index (χ0) is 9.97. The highest BCUT2D eigenvalue weighted by molar-refractivity contribution is 6.35. The van der Waals surface area contributed by atoms with Gasteiger partial charge in [-0.1, -0.05) is 12.1 Å². The van der Waals surface area contributed by atoms with Crippen LogP contribution < -0.4 is 0 Å². The lowest BCUT2D eigenvalue weighted by Crippen LogP contribution is -2.03. The van der Waals surface area contributed by atoms with Gasteiger partial charge < -0.3 is 5.41 Å². The topological polar surface area (TPSA) is 73.5 Å². The highest BCUT2D eigenvalue weighted by Crippen LogP contribution is 2.08. The van der Waals surface area contributed by atoms with Crippen LogP contribution in [0.3, 0.4) is 0 Å². The molecule has 0 radical (unpaired) electrons. The van der Waals surface area contributed by atoms with Crippen molar-refractivity contribution in [3.63, 3.8) is 0 Å². The molecule has 2 N–H and O–H groups in total. The molecule has 1 aromatic carbocycles. The summed E-state index contributed by atoms with van der Waals surface area (Å²) in [5.41, 5.74) is 2.05. The summed E-state index contributed by atoms with van der Waals surface area (Å²) in [4.78, 5) is 8.35. The molecule has 0 spiro atoms. The molecule has 1 heterocycles. The van der Waals surface area contributed by atoms with Crippen LogP contribution in [0.4, 0.5) is 0 Å². The van der Waals surface area contributed by atoms with Crippen molar-refractivity contribution in [3.05, 3.63) is 36.2 Å². The van der Waals surface area contributed by atoms with Crippen molar-refractivity contribution in [1.82, 2.24) is 9.97 Å². The van der Waals surface area contributed by atoms with Gasteiger partial charge in [-0.15, -0.1) is 0 Å². The molecule has 0 fully saturated rings. The molecule has 2 aromatic rings. The summed E-state index contributed by atoms with van der Waals surface area (Å²) in [6.45, 7) is 0. The number of nitrogens with one attached hydrogen (secondary N) is 2. The summed E-state index contributed by atoms with van der Waals surface area (Å²) in [6, 6.07) is 7.46. The molecule has 0 aliphatic carbocycles. The van der Waals surface area contributed by atoms with Crippen molar-refractivity contribution >= 4 is 23.0 Å². The molecule has 0 unspecified atom stereocenters. The maximum atomic E-state index is 7.41. The molecular weight excluding hydrogens is 176 g/mol. The number of aromatic nitrogens is 2. The van der Waals surface area contributed by atoms with E-state index in [4.69, 9.17) is 10.8 Å². The van der Waals surface area contributed by atoms with E-state index >= 15 is 0 Å². The smallest absolute Gasteiger partial charge is 0.108 e. The molecule has 0 amide bonds. The second-order valence-electron chi connectivity index (χ2n) is 2.80. The summed E-state index contributed by atoms with van der Waals surface area (Å²) >= 11 is 0. The summed E-state index contributed by atoms with van der Waals surface area (Å²) < 4.78 is 0. The fourth-order valence-electron chi connectivity index (χ4n) is 1.16. The van der Waals surface area contributed by atoms with E-state index in [0.29, 0.717) is 5.69 Å². The van der Waals surface area contributed by atoms with Gasteiger partial charge in [-0.3, -0.25) is 10.4 Å². The Morgan fingerprint density at radius 2 is 1.93 bits per heavy atom. The minimum absolute atomic E-state index is 0.0725. The maximum absolute atomic E-state index is 7.41. The van der Waals surface area contributed by atoms with Gasteiger partial charge in [0.2, 0.25) is 0 Å². The maximum Gasteiger partial charge on any atom is 0.108 e. The third kappa shape index (κ3) is 1.37. The molecule has 0 aliphatic rings. The van der Waals surface area contributed by atoms with Crippen LogP contribution in [0.1, 0.15) is 5.69 Å². The van der Waals surface area contributed by atoms with Crippen LogP contribution in [0.25, 0.3) is 11.0 Å². The van der Waals surface area contributed by atoms with Crippen LogP contribution in [-0.2, 0) is 0 Å². The molecule has 1 aromatic heterocycles. The third-order valence-corrected chi connectivity index (χ3v) is 1.87. The fraction of sp³-hybridized carbons (Fsp3) is 0. The Morgan fingerprint density at radius 1 is 1.21 bits per heavy atom. The minimum atomic E-state index is 0.0725. The van der Waals surface area contributed by atoms with E-state index in [2.05, 4.69) is 9.97 Å². The Kier molecular flexibility index (Phi) is 2.02. The van der Waals surface area contributed by atoms with Crippen molar-refractivity contribution in [2.24, 2.45) is 0 Å². The third-order valence-electron chi connectivity index (χ3n) is 1.87. The number of fused-ring (bicyclic) bond motifs is 1. The van der Waals surface area contributed by atoms with Crippen LogP contribution >= 0.6 is 0 Å². The lowest BCUT2D eigenvalue weighted by molar-refractivity contribution is 1.26. The normalized spacial score (nSPS) is 10.0. The lowest BCUT2D eigenvalue weighted by atomic mass is 10.2. The number of nitrogens with zero attached hydrogens (tertiary/aromatic N) is 2. The Bertz CT molecular complexity index is 504. The molecule has 0 saturated carbocycles. The van der Waals surface area contributed by atoms with Crippen LogP contribution in [-0.4, -0.2) is 21.9 Å². The standard InChI is InChI=1S/C10H8N4/c11-5-7(12)10-6-13-8-3-1-2-4-9(8)14-10/h1-6,11-12H. The van der Waals surface area contributed by atoms with Gasteiger partial charge in [0.05, 0.1) is 22.9 Å². The molecule has 0 atom stereocenters. The van der Waals surface area contributed by atoms with Crippen molar-refractivity contribution in [2.45, 2.75) is 0 Å². The first kappa shape index (κ1) is 8.50. The summed E-state index contributed by atoms with van der Waals surface area (Å²) in [5.74, 6) is 0. The average molecular weight is 184 g/mol. The Balaban J connectivity index is 2.62. The Morgan fingerprint density at radius 3 is 2.64 bits per heavy atom. The zero-order valence-corrected chi connectivity index (χ0v) is 7.36. The number of hydrogen-bond acceptors (Lipinski definition) is 4. The van der Waals surface area contributed by atoms with Crippen LogP contribution in [0, 0.1) is 10.8 Å². The minimum Gasteiger partial charge on any atom is -0.306 e. The average Bonchev–Trinajstić information content (AvgIpc) is 2.27. The number of rotatable bonds is 2. The second kappa shape index (κ2) is 3.33. The largest absolute Gasteiger partial charge is 0.306 e. The number of para-hydroxylation sites is 2. The highest BCUT2D eigenvalue weighted by atomic mass is 14.8. The van der Waals surface area contributed by atoms with Gasteiger partial charge in [0.25, 0.3) is 0 Å². The van der Waals surface area contributed by atoms with Gasteiger partial charge in [0, 0.05) is 6.21 Å². The predicted octanol–water partition coefficient (Wildman–Crippen LogP) is 1.65. The van der Waals surface area contributed by atoms with Crippen LogP contribution in [0.15, 0.2) is 30.5 Å². The molecule has 4 nitrogen and oxygen atoms in total. The van der Waals surface area contributed by atoms with Crippen molar-refractivity contribution < 1.29 is 0 Å². The predicted molar refractivity (Wildman–Crippen MR) is 55.2 cm³/mol. The van der Waals surface area contributed by atoms with Gasteiger partial charge in [-0.05, 0) is 12.1 Å². The fourth-order valence-corrected chi connectivity index (χ4v) is 1.16. The Labute approximate surface area is 80.7 Å². The second-order valence-corrected chi connectivity index (χ2v) is 2.80. The van der Waals surface area contributed by atoms with E-state index < -0.39 is 0 Å². The first-order chi connectivity index (χ1) is 6.81. The molecule has 0 saturated heterocycles. The molecular formula is C10H8N4. The monoisotopic (exact) mass is 184 g/mol. The van der Waals surface area contributed by atoms with Gasteiger partial charge >= 0.3 is 0 Å². The SMILES string of the molecule is N=CC(=N)c1cnc2ccccc2n1. The Hall–Kier alpha value is -2.10. The first-order valence-corrected chi connectivity index (χ1v) is 4.12. The molecule has 0 bridgehead atoms. The lowest BCUT2D eigenvalue weighted by Gasteiger charge is -1.99. The summed E-state index contributed by atoms with van der Waals surface area (Å²) in [7, 11) is 0. The van der Waals surface area contributed by atoms with E-state index in [1.54, 1.807) is 0 Å². The summed E-state index contributed by atoms with van der Waals surface area (Å²) in [5, 5.41) is 14.3. The van der Waals surface area contributed by atoms with Gasteiger partial charge in [-0.2, -0.15) is 0 Å². The molecule has 2 rings (SSSR count). The summed E-state index contributed by atoms with van der Waals surface area (Å²) in [6.07, 6.45) is 2.47. The number of benzene rings is 1. The van der Waals surface area contributed by atoms with E-state index in [0.717, 1.165) is 17.2 Å². The number of hydrogen-bond donors (Lipinski definition) is 2.